The fourth-order valence-corrected chi connectivity index (χ4v) is 6.59. The first-order valence-electron chi connectivity index (χ1n) is 12.7. The van der Waals surface area contributed by atoms with Crippen molar-refractivity contribution in [3.8, 4) is 11.5 Å². The highest BCUT2D eigenvalue weighted by Crippen LogP contribution is 2.54. The fraction of sp³-hybridized carbons (Fsp3) is 0.769. The van der Waals surface area contributed by atoms with Gasteiger partial charge in [0.2, 0.25) is 0 Å². The second-order valence-corrected chi connectivity index (χ2v) is 10.6. The lowest BCUT2D eigenvalue weighted by atomic mass is 9.55. The molecule has 2 aliphatic carbocycles. The summed E-state index contributed by atoms with van der Waals surface area (Å²) in [6, 6.07) is 5.19. The van der Waals surface area contributed by atoms with Crippen LogP contribution in [0.15, 0.2) is 18.2 Å². The molecule has 3 aliphatic rings. The Morgan fingerprint density at radius 3 is 2.42 bits per heavy atom. The van der Waals surface area contributed by atoms with Crippen LogP contribution in [0.25, 0.3) is 0 Å². The molecule has 4 rings (SSSR count). The number of hydrogen-bond donors (Lipinski definition) is 6. The molecule has 1 heterocycles. The van der Waals surface area contributed by atoms with Crippen molar-refractivity contribution < 1.29 is 49.6 Å². The summed E-state index contributed by atoms with van der Waals surface area (Å²) in [5.74, 6) is 0.0907. The molecule has 1 aromatic rings. The van der Waals surface area contributed by atoms with Crippen LogP contribution in [-0.4, -0.2) is 101 Å². The van der Waals surface area contributed by atoms with Crippen LogP contribution < -0.4 is 4.74 Å². The Morgan fingerprint density at radius 1 is 1.00 bits per heavy atom. The summed E-state index contributed by atoms with van der Waals surface area (Å²) in [6.45, 7) is 1.64. The van der Waals surface area contributed by atoms with Gasteiger partial charge in [0, 0.05) is 13.7 Å². The quantitative estimate of drug-likeness (QED) is 0.301. The summed E-state index contributed by atoms with van der Waals surface area (Å²) in [6.07, 6.45) is -4.92. The summed E-state index contributed by atoms with van der Waals surface area (Å²) < 4.78 is 22.5. The molecule has 36 heavy (non-hydrogen) atoms. The monoisotopic (exact) mass is 512 g/mol. The number of phenolic OH excluding ortho intramolecular Hbond substituents is 1. The molecule has 2 saturated carbocycles. The largest absolute Gasteiger partial charge is 0.504 e. The zero-order valence-corrected chi connectivity index (χ0v) is 21.0. The van der Waals surface area contributed by atoms with Gasteiger partial charge in [0.1, 0.15) is 18.3 Å². The van der Waals surface area contributed by atoms with Crippen LogP contribution in [0.5, 0.6) is 11.5 Å². The number of hydrogen-bond acceptors (Lipinski definition) is 10. The third kappa shape index (κ3) is 5.23. The maximum absolute atomic E-state index is 10.8. The molecule has 10 nitrogen and oxygen atoms in total. The Balaban J connectivity index is 1.65. The molecule has 0 bridgehead atoms. The molecule has 1 saturated heterocycles. The van der Waals surface area contributed by atoms with E-state index < -0.39 is 36.8 Å². The SMILES string of the molecule is COc1cc([C@H]2C3CC(O)C(OC)CC3C[C@@H](CO)[C@@H]2CO[C@@H]2O[C@H](C)[C@@H](O)[C@H](O)[C@@H]2O)ccc1O. The zero-order valence-electron chi connectivity index (χ0n) is 21.0. The van der Waals surface area contributed by atoms with Crippen molar-refractivity contribution in [3.05, 3.63) is 23.8 Å². The summed E-state index contributed by atoms with van der Waals surface area (Å²) in [7, 11) is 3.08. The first-order chi connectivity index (χ1) is 17.2. The van der Waals surface area contributed by atoms with E-state index in [4.69, 9.17) is 18.9 Å². The van der Waals surface area contributed by atoms with Gasteiger partial charge in [0.25, 0.3) is 0 Å². The van der Waals surface area contributed by atoms with Crippen molar-refractivity contribution in [3.63, 3.8) is 0 Å². The van der Waals surface area contributed by atoms with Gasteiger partial charge in [-0.25, -0.2) is 0 Å². The van der Waals surface area contributed by atoms with Crippen LogP contribution in [-0.2, 0) is 14.2 Å². The van der Waals surface area contributed by atoms with E-state index in [2.05, 4.69) is 0 Å². The van der Waals surface area contributed by atoms with Crippen molar-refractivity contribution in [1.82, 2.24) is 0 Å². The van der Waals surface area contributed by atoms with E-state index in [1.165, 1.54) is 7.11 Å². The van der Waals surface area contributed by atoms with E-state index in [0.717, 1.165) is 12.0 Å². The van der Waals surface area contributed by atoms with Crippen molar-refractivity contribution in [2.24, 2.45) is 23.7 Å². The van der Waals surface area contributed by atoms with Gasteiger partial charge in [-0.2, -0.15) is 0 Å². The minimum absolute atomic E-state index is 0.0171. The second-order valence-electron chi connectivity index (χ2n) is 10.6. The summed E-state index contributed by atoms with van der Waals surface area (Å²) >= 11 is 0. The molecule has 12 atom stereocenters. The summed E-state index contributed by atoms with van der Waals surface area (Å²) in [5, 5.41) is 62.0. The van der Waals surface area contributed by atoms with Crippen molar-refractivity contribution >= 4 is 0 Å². The molecule has 0 amide bonds. The molecule has 4 unspecified atom stereocenters. The van der Waals surface area contributed by atoms with E-state index in [0.29, 0.717) is 18.6 Å². The molecule has 0 aromatic heterocycles. The van der Waals surface area contributed by atoms with Crippen LogP contribution in [0.3, 0.4) is 0 Å². The van der Waals surface area contributed by atoms with Crippen LogP contribution in [0, 0.1) is 23.7 Å². The number of fused-ring (bicyclic) bond motifs is 1. The molecule has 3 fully saturated rings. The lowest BCUT2D eigenvalue weighted by molar-refractivity contribution is -0.297. The third-order valence-corrected chi connectivity index (χ3v) is 8.60. The lowest BCUT2D eigenvalue weighted by Gasteiger charge is -2.52. The fourth-order valence-electron chi connectivity index (χ4n) is 6.59. The van der Waals surface area contributed by atoms with E-state index in [1.807, 2.05) is 6.07 Å². The predicted octanol–water partition coefficient (Wildman–Crippen LogP) is 0.359. The highest BCUT2D eigenvalue weighted by atomic mass is 16.7. The Kier molecular flexibility index (Phi) is 8.79. The van der Waals surface area contributed by atoms with Gasteiger partial charge in [-0.05, 0) is 73.5 Å². The maximum atomic E-state index is 10.8. The van der Waals surface area contributed by atoms with Gasteiger partial charge in [-0.15, -0.1) is 0 Å². The van der Waals surface area contributed by atoms with Gasteiger partial charge in [-0.3, -0.25) is 0 Å². The number of aromatic hydroxyl groups is 1. The molecule has 0 radical (unpaired) electrons. The van der Waals surface area contributed by atoms with Gasteiger partial charge < -0.3 is 49.6 Å². The van der Waals surface area contributed by atoms with Crippen LogP contribution in [0.1, 0.15) is 37.7 Å². The molecule has 6 N–H and O–H groups in total. The second kappa shape index (κ2) is 11.5. The highest BCUT2D eigenvalue weighted by Gasteiger charge is 2.50. The molecule has 0 spiro atoms. The van der Waals surface area contributed by atoms with E-state index in [9.17, 15) is 30.6 Å². The molecule has 10 heteroatoms. The Morgan fingerprint density at radius 2 is 1.75 bits per heavy atom. The van der Waals surface area contributed by atoms with Crippen molar-refractivity contribution in [2.45, 2.75) is 75.0 Å². The van der Waals surface area contributed by atoms with Crippen LogP contribution in [0.4, 0.5) is 0 Å². The standard InChI is InChI=1S/C26H40O10/c1-12-23(30)24(31)25(32)26(36-12)35-11-17-15(10-27)6-14-8-21(34-3)19(29)9-16(14)22(17)13-4-5-18(28)20(7-13)33-2/h4-5,7,12,14-17,19,21-32H,6,8-11H2,1-3H3/t12-,14?,15+,16?,17+,19?,21?,22+,23-,24+,25+,26-/m1/s1. The summed E-state index contributed by atoms with van der Waals surface area (Å²) in [5.41, 5.74) is 0.892. The first kappa shape index (κ1) is 27.5. The van der Waals surface area contributed by atoms with E-state index >= 15 is 0 Å². The number of benzene rings is 1. The zero-order chi connectivity index (χ0) is 26.1. The van der Waals surface area contributed by atoms with Gasteiger partial charge in [-0.1, -0.05) is 6.07 Å². The van der Waals surface area contributed by atoms with Gasteiger partial charge in [0.05, 0.1) is 32.0 Å². The molecular weight excluding hydrogens is 472 g/mol. The number of ether oxygens (including phenoxy) is 4. The molecule has 204 valence electrons. The third-order valence-electron chi connectivity index (χ3n) is 8.60. The van der Waals surface area contributed by atoms with Crippen molar-refractivity contribution in [1.29, 1.82) is 0 Å². The smallest absolute Gasteiger partial charge is 0.186 e. The van der Waals surface area contributed by atoms with E-state index in [-0.39, 0.29) is 54.7 Å². The van der Waals surface area contributed by atoms with E-state index in [1.54, 1.807) is 26.2 Å². The number of methoxy groups -OCH3 is 2. The normalized spacial score (nSPS) is 43.1. The number of aliphatic hydroxyl groups excluding tert-OH is 5. The van der Waals surface area contributed by atoms with Gasteiger partial charge >= 0.3 is 0 Å². The highest BCUT2D eigenvalue weighted by molar-refractivity contribution is 5.43. The summed E-state index contributed by atoms with van der Waals surface area (Å²) in [4.78, 5) is 0. The lowest BCUT2D eigenvalue weighted by Crippen LogP contribution is -2.58. The number of aliphatic hydroxyl groups is 5. The average molecular weight is 513 g/mol. The molecule has 1 aliphatic heterocycles. The Hall–Kier alpha value is -1.50. The predicted molar refractivity (Wildman–Crippen MR) is 127 cm³/mol. The van der Waals surface area contributed by atoms with Gasteiger partial charge in [0.15, 0.2) is 17.8 Å². The number of rotatable bonds is 7. The molecular formula is C26H40O10. The van der Waals surface area contributed by atoms with Crippen molar-refractivity contribution in [2.75, 3.05) is 27.4 Å². The first-order valence-corrected chi connectivity index (χ1v) is 12.7. The topological polar surface area (TPSA) is 158 Å². The molecule has 1 aromatic carbocycles. The Labute approximate surface area is 211 Å². The maximum Gasteiger partial charge on any atom is 0.186 e. The minimum atomic E-state index is -1.42. The Bertz CT molecular complexity index is 867. The number of phenols is 1. The van der Waals surface area contributed by atoms with Crippen LogP contribution in [0.2, 0.25) is 0 Å². The minimum Gasteiger partial charge on any atom is -0.504 e. The van der Waals surface area contributed by atoms with Crippen LogP contribution >= 0.6 is 0 Å². The average Bonchev–Trinajstić information content (AvgIpc) is 2.88.